The average molecular weight is 276 g/mol. The first-order valence-electron chi connectivity index (χ1n) is 7.30. The zero-order chi connectivity index (χ0) is 14.6. The fraction of sp³-hybridized carbons (Fsp3) is 0.562. The lowest BCUT2D eigenvalue weighted by Gasteiger charge is -2.33. The van der Waals surface area contributed by atoms with Gasteiger partial charge in [-0.25, -0.2) is 0 Å². The monoisotopic (exact) mass is 276 g/mol. The molecule has 2 unspecified atom stereocenters. The van der Waals surface area contributed by atoms with Gasteiger partial charge in [-0.05, 0) is 32.3 Å². The van der Waals surface area contributed by atoms with Gasteiger partial charge >= 0.3 is 0 Å². The van der Waals surface area contributed by atoms with E-state index in [1.54, 1.807) is 0 Å². The molecule has 2 rings (SSSR count). The molecule has 2 N–H and O–H groups in total. The van der Waals surface area contributed by atoms with Crippen molar-refractivity contribution in [2.24, 2.45) is 0 Å². The molecule has 1 amide bonds. The molecule has 0 aromatic heterocycles. The van der Waals surface area contributed by atoms with E-state index < -0.39 is 5.54 Å². The Morgan fingerprint density at radius 2 is 1.95 bits per heavy atom. The van der Waals surface area contributed by atoms with Crippen molar-refractivity contribution in [1.82, 2.24) is 10.2 Å². The number of rotatable bonds is 5. The first kappa shape index (κ1) is 15.0. The van der Waals surface area contributed by atoms with Crippen molar-refractivity contribution in [1.29, 1.82) is 0 Å². The van der Waals surface area contributed by atoms with Gasteiger partial charge in [0, 0.05) is 13.1 Å². The fourth-order valence-corrected chi connectivity index (χ4v) is 2.78. The summed E-state index contributed by atoms with van der Waals surface area (Å²) in [7, 11) is 0. The highest BCUT2D eigenvalue weighted by molar-refractivity contribution is 5.81. The number of hydrogen-bond donors (Lipinski definition) is 2. The number of benzene rings is 1. The Morgan fingerprint density at radius 3 is 2.50 bits per heavy atom. The van der Waals surface area contributed by atoms with E-state index in [-0.39, 0.29) is 18.6 Å². The van der Waals surface area contributed by atoms with Gasteiger partial charge in [0.1, 0.15) is 0 Å². The molecule has 1 aromatic rings. The first-order chi connectivity index (χ1) is 9.57. The van der Waals surface area contributed by atoms with Crippen molar-refractivity contribution in [3.63, 3.8) is 0 Å². The fourth-order valence-electron chi connectivity index (χ4n) is 2.78. The lowest BCUT2D eigenvalue weighted by atomic mass is 9.92. The standard InChI is InChI=1S/C16H24N2O2/c1-13(15(20)18-10-6-7-11-18)17-16(2,12-19)14-8-4-3-5-9-14/h3-5,8-9,13,17,19H,6-7,10-12H2,1-2H3. The molecule has 0 spiro atoms. The second-order valence-electron chi connectivity index (χ2n) is 5.75. The van der Waals surface area contributed by atoms with Crippen LogP contribution in [0.2, 0.25) is 0 Å². The van der Waals surface area contributed by atoms with E-state index in [1.165, 1.54) is 0 Å². The van der Waals surface area contributed by atoms with E-state index in [1.807, 2.05) is 49.1 Å². The topological polar surface area (TPSA) is 52.6 Å². The number of aliphatic hydroxyl groups excluding tert-OH is 1. The predicted octanol–water partition coefficient (Wildman–Crippen LogP) is 1.49. The molecule has 0 aliphatic carbocycles. The van der Waals surface area contributed by atoms with Gasteiger partial charge in [-0.15, -0.1) is 0 Å². The van der Waals surface area contributed by atoms with Crippen molar-refractivity contribution in [2.75, 3.05) is 19.7 Å². The maximum atomic E-state index is 12.4. The first-order valence-corrected chi connectivity index (χ1v) is 7.30. The maximum absolute atomic E-state index is 12.4. The van der Waals surface area contributed by atoms with Crippen LogP contribution < -0.4 is 5.32 Å². The summed E-state index contributed by atoms with van der Waals surface area (Å²) in [5, 5.41) is 13.0. The minimum atomic E-state index is -0.601. The van der Waals surface area contributed by atoms with Crippen molar-refractivity contribution >= 4 is 5.91 Å². The van der Waals surface area contributed by atoms with Crippen LogP contribution in [0.3, 0.4) is 0 Å². The lowest BCUT2D eigenvalue weighted by molar-refractivity contribution is -0.132. The van der Waals surface area contributed by atoms with E-state index in [0.29, 0.717) is 0 Å². The number of carbonyl (C=O) groups is 1. The van der Waals surface area contributed by atoms with E-state index in [0.717, 1.165) is 31.5 Å². The molecular weight excluding hydrogens is 252 g/mol. The molecule has 0 radical (unpaired) electrons. The van der Waals surface area contributed by atoms with E-state index >= 15 is 0 Å². The maximum Gasteiger partial charge on any atom is 0.239 e. The normalized spacial score (nSPS) is 19.6. The molecule has 110 valence electrons. The quantitative estimate of drug-likeness (QED) is 0.857. The Bertz CT molecular complexity index is 443. The number of aliphatic hydroxyl groups is 1. The molecule has 4 heteroatoms. The van der Waals surface area contributed by atoms with Crippen LogP contribution in [0.1, 0.15) is 32.3 Å². The van der Waals surface area contributed by atoms with Gasteiger partial charge in [-0.2, -0.15) is 0 Å². The summed E-state index contributed by atoms with van der Waals surface area (Å²) in [4.78, 5) is 14.3. The van der Waals surface area contributed by atoms with Gasteiger partial charge in [-0.3, -0.25) is 10.1 Å². The van der Waals surface area contributed by atoms with Gasteiger partial charge in [0.05, 0.1) is 18.2 Å². The summed E-state index contributed by atoms with van der Waals surface area (Å²) in [6, 6.07) is 9.47. The highest BCUT2D eigenvalue weighted by Gasteiger charge is 2.31. The summed E-state index contributed by atoms with van der Waals surface area (Å²) >= 11 is 0. The Morgan fingerprint density at radius 1 is 1.35 bits per heavy atom. The van der Waals surface area contributed by atoms with Crippen LogP contribution in [-0.4, -0.2) is 41.7 Å². The van der Waals surface area contributed by atoms with Gasteiger partial charge in [0.15, 0.2) is 0 Å². The molecule has 1 saturated heterocycles. The van der Waals surface area contributed by atoms with Crippen molar-refractivity contribution < 1.29 is 9.90 Å². The summed E-state index contributed by atoms with van der Waals surface area (Å²) < 4.78 is 0. The summed E-state index contributed by atoms with van der Waals surface area (Å²) in [6.07, 6.45) is 2.18. The van der Waals surface area contributed by atoms with E-state index in [2.05, 4.69) is 5.32 Å². The number of nitrogens with one attached hydrogen (secondary N) is 1. The van der Waals surface area contributed by atoms with Gasteiger partial charge in [0.2, 0.25) is 5.91 Å². The Balaban J connectivity index is 2.07. The third-order valence-corrected chi connectivity index (χ3v) is 4.05. The zero-order valence-electron chi connectivity index (χ0n) is 12.3. The Hall–Kier alpha value is -1.39. The van der Waals surface area contributed by atoms with Crippen molar-refractivity contribution in [2.45, 2.75) is 38.3 Å². The molecule has 2 atom stereocenters. The van der Waals surface area contributed by atoms with Gasteiger partial charge in [-0.1, -0.05) is 30.3 Å². The largest absolute Gasteiger partial charge is 0.394 e. The van der Waals surface area contributed by atoms with Crippen LogP contribution in [0.25, 0.3) is 0 Å². The van der Waals surface area contributed by atoms with Crippen LogP contribution in [0, 0.1) is 0 Å². The van der Waals surface area contributed by atoms with Crippen LogP contribution in [-0.2, 0) is 10.3 Å². The van der Waals surface area contributed by atoms with Crippen LogP contribution in [0.5, 0.6) is 0 Å². The van der Waals surface area contributed by atoms with Crippen molar-refractivity contribution in [3.8, 4) is 0 Å². The van der Waals surface area contributed by atoms with Gasteiger partial charge < -0.3 is 10.0 Å². The minimum Gasteiger partial charge on any atom is -0.394 e. The zero-order valence-corrected chi connectivity index (χ0v) is 12.3. The molecule has 1 aliphatic rings. The highest BCUT2D eigenvalue weighted by atomic mass is 16.3. The molecule has 1 heterocycles. The number of hydrogen-bond acceptors (Lipinski definition) is 3. The van der Waals surface area contributed by atoms with Crippen LogP contribution in [0.15, 0.2) is 30.3 Å². The number of nitrogens with zero attached hydrogens (tertiary/aromatic N) is 1. The molecule has 1 fully saturated rings. The molecule has 0 saturated carbocycles. The molecule has 4 nitrogen and oxygen atoms in total. The van der Waals surface area contributed by atoms with E-state index in [4.69, 9.17) is 0 Å². The Kier molecular flexibility index (Phi) is 4.78. The second-order valence-corrected chi connectivity index (χ2v) is 5.75. The number of likely N-dealkylation sites (tertiary alicyclic amines) is 1. The molecule has 0 bridgehead atoms. The predicted molar refractivity (Wildman–Crippen MR) is 79.3 cm³/mol. The second kappa shape index (κ2) is 6.37. The number of amides is 1. The third kappa shape index (κ3) is 3.19. The van der Waals surface area contributed by atoms with Crippen LogP contribution >= 0.6 is 0 Å². The Labute approximate surface area is 120 Å². The highest BCUT2D eigenvalue weighted by Crippen LogP contribution is 2.21. The lowest BCUT2D eigenvalue weighted by Crippen LogP contribution is -2.53. The SMILES string of the molecule is CC(NC(C)(CO)c1ccccc1)C(=O)N1CCCC1. The molecule has 20 heavy (non-hydrogen) atoms. The minimum absolute atomic E-state index is 0.0470. The molecule has 1 aliphatic heterocycles. The smallest absolute Gasteiger partial charge is 0.239 e. The number of carbonyl (C=O) groups excluding carboxylic acids is 1. The summed E-state index contributed by atoms with van der Waals surface area (Å²) in [5.41, 5.74) is 0.388. The third-order valence-electron chi connectivity index (χ3n) is 4.05. The van der Waals surface area contributed by atoms with E-state index in [9.17, 15) is 9.90 Å². The summed E-state index contributed by atoms with van der Waals surface area (Å²) in [5.74, 6) is 0.123. The van der Waals surface area contributed by atoms with Crippen molar-refractivity contribution in [3.05, 3.63) is 35.9 Å². The average Bonchev–Trinajstić information content (AvgIpc) is 3.01. The molecular formula is C16H24N2O2. The molecule has 1 aromatic carbocycles. The summed E-state index contributed by atoms with van der Waals surface area (Å²) in [6.45, 7) is 5.46. The van der Waals surface area contributed by atoms with Crippen LogP contribution in [0.4, 0.5) is 0 Å². The van der Waals surface area contributed by atoms with Gasteiger partial charge in [0.25, 0.3) is 0 Å².